The third-order valence-electron chi connectivity index (χ3n) is 3.96. The Morgan fingerprint density at radius 1 is 1.44 bits per heavy atom. The maximum Gasteiger partial charge on any atom is 0.154 e. The van der Waals surface area contributed by atoms with E-state index >= 15 is 0 Å². The van der Waals surface area contributed by atoms with Crippen molar-refractivity contribution in [2.45, 2.75) is 18.9 Å². The van der Waals surface area contributed by atoms with Crippen molar-refractivity contribution in [1.29, 1.82) is 0 Å². The monoisotopic (exact) mass is 262 g/mol. The molecule has 2 atom stereocenters. The molecule has 18 heavy (non-hydrogen) atoms. The fraction of sp³-hybridized carbons (Fsp3) is 0.500. The molecule has 1 fully saturated rings. The first-order chi connectivity index (χ1) is 8.72. The fourth-order valence-corrected chi connectivity index (χ4v) is 4.03. The predicted molar refractivity (Wildman–Crippen MR) is 75.9 cm³/mol. The van der Waals surface area contributed by atoms with Gasteiger partial charge in [0.05, 0.1) is 6.61 Å². The number of amidine groups is 1. The summed E-state index contributed by atoms with van der Waals surface area (Å²) >= 11 is 1.68. The molecule has 2 heterocycles. The molecular formula is C14H18N2OS. The Bertz CT molecular complexity index is 488. The summed E-state index contributed by atoms with van der Waals surface area (Å²) in [5, 5.41) is 0.694. The van der Waals surface area contributed by atoms with E-state index in [4.69, 9.17) is 15.5 Å². The topological polar surface area (TPSA) is 47.6 Å². The normalized spacial score (nSPS) is 31.6. The van der Waals surface area contributed by atoms with Crippen molar-refractivity contribution in [2.75, 3.05) is 19.0 Å². The number of aliphatic imine (C=N–C) groups is 1. The van der Waals surface area contributed by atoms with Crippen molar-refractivity contribution in [3.05, 3.63) is 35.4 Å². The van der Waals surface area contributed by atoms with Crippen molar-refractivity contribution in [3.8, 4) is 0 Å². The number of fused-ring (bicyclic) bond motifs is 1. The van der Waals surface area contributed by atoms with Gasteiger partial charge in [0, 0.05) is 18.3 Å². The van der Waals surface area contributed by atoms with E-state index in [2.05, 4.69) is 31.2 Å². The summed E-state index contributed by atoms with van der Waals surface area (Å²) < 4.78 is 5.73. The van der Waals surface area contributed by atoms with Gasteiger partial charge >= 0.3 is 0 Å². The van der Waals surface area contributed by atoms with E-state index in [-0.39, 0.29) is 5.54 Å². The van der Waals surface area contributed by atoms with E-state index in [9.17, 15) is 0 Å². The lowest BCUT2D eigenvalue weighted by Gasteiger charge is -2.44. The second-order valence-corrected chi connectivity index (χ2v) is 6.08. The van der Waals surface area contributed by atoms with Crippen LogP contribution in [0, 0.1) is 12.8 Å². The molecule has 2 aliphatic heterocycles. The van der Waals surface area contributed by atoms with Gasteiger partial charge in [-0.1, -0.05) is 36.0 Å². The molecule has 2 N–H and O–H groups in total. The summed E-state index contributed by atoms with van der Waals surface area (Å²) in [7, 11) is 0. The van der Waals surface area contributed by atoms with Crippen molar-refractivity contribution in [1.82, 2.24) is 0 Å². The summed E-state index contributed by atoms with van der Waals surface area (Å²) in [6.45, 7) is 3.64. The molecule has 0 aromatic heterocycles. The third-order valence-corrected chi connectivity index (χ3v) is 4.92. The highest BCUT2D eigenvalue weighted by molar-refractivity contribution is 8.13. The number of rotatable bonds is 1. The van der Waals surface area contributed by atoms with Gasteiger partial charge in [-0.2, -0.15) is 0 Å². The van der Waals surface area contributed by atoms with E-state index in [1.54, 1.807) is 11.8 Å². The van der Waals surface area contributed by atoms with Gasteiger partial charge in [-0.15, -0.1) is 0 Å². The summed E-state index contributed by atoms with van der Waals surface area (Å²) in [4.78, 5) is 4.80. The molecule has 0 saturated carbocycles. The molecule has 1 aromatic carbocycles. The van der Waals surface area contributed by atoms with Gasteiger partial charge in [0.25, 0.3) is 0 Å². The minimum absolute atomic E-state index is 0.251. The second kappa shape index (κ2) is 4.59. The van der Waals surface area contributed by atoms with E-state index in [0.29, 0.717) is 17.7 Å². The van der Waals surface area contributed by atoms with Crippen LogP contribution >= 0.6 is 11.8 Å². The molecule has 0 radical (unpaired) electrons. The van der Waals surface area contributed by atoms with Gasteiger partial charge in [-0.25, -0.2) is 4.99 Å². The minimum atomic E-state index is -0.251. The van der Waals surface area contributed by atoms with Gasteiger partial charge in [-0.3, -0.25) is 0 Å². The molecule has 1 aromatic rings. The Morgan fingerprint density at radius 2 is 2.28 bits per heavy atom. The molecule has 1 saturated heterocycles. The summed E-state index contributed by atoms with van der Waals surface area (Å²) in [6.07, 6.45) is 1.07. The SMILES string of the molecule is Cc1ccccc1[C@]12COCC[C@H]1CSC(N)=N2. The first-order valence-corrected chi connectivity index (χ1v) is 7.33. The molecule has 0 aliphatic carbocycles. The van der Waals surface area contributed by atoms with Gasteiger partial charge < -0.3 is 10.5 Å². The number of aryl methyl sites for hydroxylation is 1. The number of ether oxygens (including phenoxy) is 1. The highest BCUT2D eigenvalue weighted by Gasteiger charge is 2.46. The number of thioether (sulfide) groups is 1. The Morgan fingerprint density at radius 3 is 3.11 bits per heavy atom. The van der Waals surface area contributed by atoms with Gasteiger partial charge in [0.2, 0.25) is 0 Å². The van der Waals surface area contributed by atoms with Crippen LogP contribution in [0.15, 0.2) is 29.3 Å². The highest BCUT2D eigenvalue weighted by atomic mass is 32.2. The smallest absolute Gasteiger partial charge is 0.154 e. The molecule has 96 valence electrons. The lowest BCUT2D eigenvalue weighted by Crippen LogP contribution is -2.47. The van der Waals surface area contributed by atoms with Crippen LogP contribution in [-0.4, -0.2) is 24.1 Å². The average Bonchev–Trinajstić information content (AvgIpc) is 2.38. The van der Waals surface area contributed by atoms with Gasteiger partial charge in [0.15, 0.2) is 5.17 Å². The minimum Gasteiger partial charge on any atom is -0.379 e. The maximum absolute atomic E-state index is 5.97. The van der Waals surface area contributed by atoms with Crippen molar-refractivity contribution in [2.24, 2.45) is 16.6 Å². The van der Waals surface area contributed by atoms with Crippen molar-refractivity contribution < 1.29 is 4.74 Å². The Labute approximate surface area is 112 Å². The predicted octanol–water partition coefficient (Wildman–Crippen LogP) is 2.29. The standard InChI is InChI=1S/C14H18N2OS/c1-10-4-2-3-5-12(10)14-9-17-7-6-11(14)8-18-13(15)16-14/h2-5,11H,6-9H2,1H3,(H2,15,16)/t11-,14-/m0/s1. The zero-order valence-corrected chi connectivity index (χ0v) is 11.4. The Hall–Kier alpha value is -1.00. The maximum atomic E-state index is 5.97. The molecule has 0 bridgehead atoms. The molecule has 2 aliphatic rings. The summed E-state index contributed by atoms with van der Waals surface area (Å²) in [5.74, 6) is 1.58. The molecule has 0 unspecified atom stereocenters. The summed E-state index contributed by atoms with van der Waals surface area (Å²) in [5.41, 5.74) is 8.27. The summed E-state index contributed by atoms with van der Waals surface area (Å²) in [6, 6.07) is 8.46. The van der Waals surface area contributed by atoms with Gasteiger partial charge in [-0.05, 0) is 24.5 Å². The molecule has 0 spiro atoms. The number of nitrogens with zero attached hydrogens (tertiary/aromatic N) is 1. The van der Waals surface area contributed by atoms with Gasteiger partial charge in [0.1, 0.15) is 5.54 Å². The lowest BCUT2D eigenvalue weighted by atomic mass is 9.75. The molecular weight excluding hydrogens is 244 g/mol. The second-order valence-electron chi connectivity index (χ2n) is 5.04. The van der Waals surface area contributed by atoms with E-state index in [0.717, 1.165) is 18.8 Å². The lowest BCUT2D eigenvalue weighted by molar-refractivity contribution is 0.00425. The Balaban J connectivity index is 2.13. The van der Waals surface area contributed by atoms with E-state index in [1.807, 2.05) is 0 Å². The van der Waals surface area contributed by atoms with Crippen LogP contribution in [0.1, 0.15) is 17.5 Å². The zero-order valence-electron chi connectivity index (χ0n) is 10.6. The fourth-order valence-electron chi connectivity index (χ4n) is 2.99. The average molecular weight is 262 g/mol. The Kier molecular flexibility index (Phi) is 3.08. The molecule has 4 heteroatoms. The van der Waals surface area contributed by atoms with Crippen LogP contribution < -0.4 is 5.73 Å². The van der Waals surface area contributed by atoms with Crippen molar-refractivity contribution in [3.63, 3.8) is 0 Å². The molecule has 3 nitrogen and oxygen atoms in total. The third kappa shape index (κ3) is 1.84. The van der Waals surface area contributed by atoms with Crippen LogP contribution in [0.3, 0.4) is 0 Å². The van der Waals surface area contributed by atoms with Crippen LogP contribution in [0.4, 0.5) is 0 Å². The number of benzene rings is 1. The largest absolute Gasteiger partial charge is 0.379 e. The van der Waals surface area contributed by atoms with Crippen LogP contribution in [0.25, 0.3) is 0 Å². The first kappa shape index (κ1) is 12.1. The number of nitrogens with two attached hydrogens (primary N) is 1. The zero-order chi connectivity index (χ0) is 12.6. The van der Waals surface area contributed by atoms with Crippen molar-refractivity contribution >= 4 is 16.9 Å². The first-order valence-electron chi connectivity index (χ1n) is 6.34. The van der Waals surface area contributed by atoms with Crippen LogP contribution in [0.2, 0.25) is 0 Å². The van der Waals surface area contributed by atoms with Crippen LogP contribution in [-0.2, 0) is 10.3 Å². The highest BCUT2D eigenvalue weighted by Crippen LogP contribution is 2.45. The molecule has 3 rings (SSSR count). The number of hydrogen-bond donors (Lipinski definition) is 1. The van der Waals surface area contributed by atoms with E-state index < -0.39 is 0 Å². The quantitative estimate of drug-likeness (QED) is 0.844. The number of hydrogen-bond acceptors (Lipinski definition) is 4. The van der Waals surface area contributed by atoms with E-state index in [1.165, 1.54) is 11.1 Å². The van der Waals surface area contributed by atoms with Crippen LogP contribution in [0.5, 0.6) is 0 Å². The molecule has 0 amide bonds.